The van der Waals surface area contributed by atoms with Crippen molar-refractivity contribution in [1.29, 1.82) is 0 Å². The lowest BCUT2D eigenvalue weighted by Crippen LogP contribution is -2.28. The minimum atomic E-state index is -0.395. The second kappa shape index (κ2) is 6.63. The third kappa shape index (κ3) is 4.33. The van der Waals surface area contributed by atoms with Gasteiger partial charge in [-0.3, -0.25) is 15.6 Å². The average molecular weight is 293 g/mol. The van der Waals surface area contributed by atoms with Gasteiger partial charge in [0.05, 0.1) is 17.4 Å². The summed E-state index contributed by atoms with van der Waals surface area (Å²) in [6.45, 7) is 0. The van der Waals surface area contributed by atoms with Gasteiger partial charge in [0.2, 0.25) is 5.95 Å². The highest BCUT2D eigenvalue weighted by Crippen LogP contribution is 2.05. The van der Waals surface area contributed by atoms with Crippen molar-refractivity contribution in [2.45, 2.75) is 0 Å². The number of carbonyl (C=O) groups is 1. The first-order valence-electron chi connectivity index (χ1n) is 5.61. The molecule has 1 aromatic carbocycles. The molecule has 2 aromatic rings. The number of anilines is 1. The maximum atomic E-state index is 12.7. The molecule has 0 radical (unpaired) electrons. The molecule has 0 aliphatic rings. The summed E-state index contributed by atoms with van der Waals surface area (Å²) in [5.41, 5.74) is 5.62. The molecule has 0 aliphatic heterocycles. The summed E-state index contributed by atoms with van der Waals surface area (Å²) in [4.78, 5) is 19.2. The fourth-order valence-electron chi connectivity index (χ4n) is 1.28. The van der Waals surface area contributed by atoms with Crippen molar-refractivity contribution in [3.63, 3.8) is 0 Å². The summed E-state index contributed by atoms with van der Waals surface area (Å²) < 4.78 is 12.7. The van der Waals surface area contributed by atoms with Crippen molar-refractivity contribution in [2.75, 3.05) is 5.43 Å². The first-order valence-corrected chi connectivity index (χ1v) is 5.98. The first-order chi connectivity index (χ1) is 9.63. The molecule has 1 aromatic heterocycles. The van der Waals surface area contributed by atoms with Gasteiger partial charge in [-0.2, -0.15) is 0 Å². The van der Waals surface area contributed by atoms with Crippen LogP contribution < -0.4 is 10.9 Å². The summed E-state index contributed by atoms with van der Waals surface area (Å²) >= 11 is 5.63. The highest BCUT2D eigenvalue weighted by molar-refractivity contribution is 6.30. The molecular formula is C13H10ClFN4O. The van der Waals surface area contributed by atoms with Crippen LogP contribution in [0.2, 0.25) is 5.02 Å². The Labute approximate surface area is 119 Å². The number of hydrogen-bond acceptors (Lipinski definition) is 4. The van der Waals surface area contributed by atoms with Gasteiger partial charge < -0.3 is 0 Å². The number of hydrogen-bond donors (Lipinski definition) is 2. The molecule has 2 N–H and O–H groups in total. The lowest BCUT2D eigenvalue weighted by molar-refractivity contribution is -0.116. The van der Waals surface area contributed by atoms with Crippen LogP contribution >= 0.6 is 11.6 Å². The minimum Gasteiger partial charge on any atom is -0.268 e. The lowest BCUT2D eigenvalue weighted by Gasteiger charge is -2.03. The van der Waals surface area contributed by atoms with E-state index in [2.05, 4.69) is 20.8 Å². The summed E-state index contributed by atoms with van der Waals surface area (Å²) in [6, 6.07) is 5.76. The molecule has 0 fully saturated rings. The normalized spacial score (nSPS) is 10.5. The van der Waals surface area contributed by atoms with Crippen LogP contribution in [0.25, 0.3) is 6.08 Å². The zero-order chi connectivity index (χ0) is 14.4. The van der Waals surface area contributed by atoms with E-state index in [1.807, 2.05) is 0 Å². The maximum absolute atomic E-state index is 12.7. The van der Waals surface area contributed by atoms with E-state index in [4.69, 9.17) is 11.6 Å². The molecule has 0 saturated carbocycles. The predicted octanol–water partition coefficient (Wildman–Crippen LogP) is 2.43. The van der Waals surface area contributed by atoms with Gasteiger partial charge in [0, 0.05) is 6.08 Å². The first kappa shape index (κ1) is 14.0. The number of nitrogens with one attached hydrogen (secondary N) is 2. The van der Waals surface area contributed by atoms with E-state index in [1.54, 1.807) is 18.2 Å². The van der Waals surface area contributed by atoms with Crippen LogP contribution in [0.5, 0.6) is 0 Å². The highest BCUT2D eigenvalue weighted by atomic mass is 35.5. The SMILES string of the molecule is O=C(/C=C/c1ccc(F)cc1)NNc1ncc(Cl)cn1. The molecule has 20 heavy (non-hydrogen) atoms. The Kier molecular flexibility index (Phi) is 4.62. The predicted molar refractivity (Wildman–Crippen MR) is 74.2 cm³/mol. The standard InChI is InChI=1S/C13H10ClFN4O/c14-10-7-16-13(17-8-10)19-18-12(20)6-3-9-1-4-11(15)5-2-9/h1-8H,(H,18,20)(H,16,17,19)/b6-3+. The molecule has 0 saturated heterocycles. The third-order valence-electron chi connectivity index (χ3n) is 2.21. The quantitative estimate of drug-likeness (QED) is 0.671. The molecular weight excluding hydrogens is 283 g/mol. The second-order valence-corrected chi connectivity index (χ2v) is 4.16. The van der Waals surface area contributed by atoms with Gasteiger partial charge in [-0.25, -0.2) is 14.4 Å². The van der Waals surface area contributed by atoms with Gasteiger partial charge in [-0.1, -0.05) is 23.7 Å². The van der Waals surface area contributed by atoms with Crippen molar-refractivity contribution in [2.24, 2.45) is 0 Å². The molecule has 0 aliphatic carbocycles. The van der Waals surface area contributed by atoms with Gasteiger partial charge in [-0.15, -0.1) is 0 Å². The van der Waals surface area contributed by atoms with Crippen molar-refractivity contribution < 1.29 is 9.18 Å². The van der Waals surface area contributed by atoms with Gasteiger partial charge in [0.1, 0.15) is 5.82 Å². The van der Waals surface area contributed by atoms with Crippen LogP contribution in [0.1, 0.15) is 5.56 Å². The maximum Gasteiger partial charge on any atom is 0.262 e. The molecule has 5 nitrogen and oxygen atoms in total. The zero-order valence-corrected chi connectivity index (χ0v) is 10.9. The number of amides is 1. The number of rotatable bonds is 4. The molecule has 1 amide bonds. The van der Waals surface area contributed by atoms with Gasteiger partial charge in [0.25, 0.3) is 5.91 Å². The van der Waals surface area contributed by atoms with E-state index in [9.17, 15) is 9.18 Å². The van der Waals surface area contributed by atoms with E-state index in [0.717, 1.165) is 0 Å². The summed E-state index contributed by atoms with van der Waals surface area (Å²) in [7, 11) is 0. The molecule has 1 heterocycles. The summed E-state index contributed by atoms with van der Waals surface area (Å²) in [5, 5.41) is 0.401. The monoisotopic (exact) mass is 292 g/mol. The topological polar surface area (TPSA) is 66.9 Å². The van der Waals surface area contributed by atoms with Crippen molar-refractivity contribution >= 4 is 29.5 Å². The average Bonchev–Trinajstić information content (AvgIpc) is 2.46. The Morgan fingerprint density at radius 3 is 2.50 bits per heavy atom. The zero-order valence-electron chi connectivity index (χ0n) is 10.2. The molecule has 0 atom stereocenters. The fraction of sp³-hybridized carbons (Fsp3) is 0. The Morgan fingerprint density at radius 2 is 1.85 bits per heavy atom. The minimum absolute atomic E-state index is 0.220. The van der Waals surface area contributed by atoms with Crippen molar-refractivity contribution in [1.82, 2.24) is 15.4 Å². The summed E-state index contributed by atoms with van der Waals surface area (Å²) in [6.07, 6.45) is 5.66. The number of carbonyl (C=O) groups excluding carboxylic acids is 1. The van der Waals surface area contributed by atoms with E-state index in [-0.39, 0.29) is 11.8 Å². The lowest BCUT2D eigenvalue weighted by atomic mass is 10.2. The second-order valence-electron chi connectivity index (χ2n) is 3.72. The van der Waals surface area contributed by atoms with Crippen LogP contribution in [-0.4, -0.2) is 15.9 Å². The van der Waals surface area contributed by atoms with Crippen LogP contribution in [-0.2, 0) is 4.79 Å². The van der Waals surface area contributed by atoms with Crippen molar-refractivity contribution in [3.8, 4) is 0 Å². The summed E-state index contributed by atoms with van der Waals surface area (Å²) in [5.74, 6) is -0.501. The molecule has 7 heteroatoms. The molecule has 0 bridgehead atoms. The number of halogens is 2. The molecule has 102 valence electrons. The van der Waals surface area contributed by atoms with E-state index in [1.165, 1.54) is 30.6 Å². The number of aromatic nitrogens is 2. The highest BCUT2D eigenvalue weighted by Gasteiger charge is 1.98. The largest absolute Gasteiger partial charge is 0.268 e. The molecule has 0 unspecified atom stereocenters. The third-order valence-corrected chi connectivity index (χ3v) is 2.41. The molecule has 0 spiro atoms. The fourth-order valence-corrected chi connectivity index (χ4v) is 1.38. The number of nitrogens with zero attached hydrogens (tertiary/aromatic N) is 2. The van der Waals surface area contributed by atoms with Crippen molar-refractivity contribution in [3.05, 3.63) is 59.1 Å². The Bertz CT molecular complexity index is 613. The van der Waals surface area contributed by atoms with E-state index >= 15 is 0 Å². The van der Waals surface area contributed by atoms with Gasteiger partial charge >= 0.3 is 0 Å². The molecule has 2 rings (SSSR count). The van der Waals surface area contributed by atoms with Gasteiger partial charge in [0.15, 0.2) is 0 Å². The smallest absolute Gasteiger partial charge is 0.262 e. The van der Waals surface area contributed by atoms with E-state index in [0.29, 0.717) is 10.6 Å². The van der Waals surface area contributed by atoms with Crippen LogP contribution in [0, 0.1) is 5.82 Å². The van der Waals surface area contributed by atoms with Crippen LogP contribution in [0.4, 0.5) is 10.3 Å². The Morgan fingerprint density at radius 1 is 1.20 bits per heavy atom. The number of benzene rings is 1. The van der Waals surface area contributed by atoms with E-state index < -0.39 is 5.91 Å². The Hall–Kier alpha value is -2.47. The van der Waals surface area contributed by atoms with Crippen LogP contribution in [0.15, 0.2) is 42.7 Å². The van der Waals surface area contributed by atoms with Gasteiger partial charge in [-0.05, 0) is 23.8 Å². The van der Waals surface area contributed by atoms with Crippen LogP contribution in [0.3, 0.4) is 0 Å². The Balaban J connectivity index is 1.86. The number of hydrazine groups is 1.